The molecular weight excluding hydrogens is 292 g/mol. The van der Waals surface area contributed by atoms with E-state index < -0.39 is 10.0 Å². The van der Waals surface area contributed by atoms with Crippen LogP contribution >= 0.6 is 11.3 Å². The molecule has 0 aromatic carbocycles. The Hall–Kier alpha value is -0.430. The summed E-state index contributed by atoms with van der Waals surface area (Å²) in [6, 6.07) is 2.68. The second-order valence-electron chi connectivity index (χ2n) is 5.31. The first kappa shape index (κ1) is 15.9. The minimum Gasteiger partial charge on any atom is -0.310 e. The molecule has 1 aliphatic rings. The van der Waals surface area contributed by atoms with E-state index in [2.05, 4.69) is 16.8 Å². The van der Waals surface area contributed by atoms with Crippen molar-refractivity contribution in [3.05, 3.63) is 21.9 Å². The SMILES string of the molecule is CCN(CCCNC1CCCc2sccc21)S(C)(=O)=O. The summed E-state index contributed by atoms with van der Waals surface area (Å²) < 4.78 is 24.5. The van der Waals surface area contributed by atoms with Crippen molar-refractivity contribution < 1.29 is 8.42 Å². The summed E-state index contributed by atoms with van der Waals surface area (Å²) in [4.78, 5) is 1.51. The number of fused-ring (bicyclic) bond motifs is 1. The minimum atomic E-state index is -3.05. The van der Waals surface area contributed by atoms with Crippen LogP contribution < -0.4 is 5.32 Å². The topological polar surface area (TPSA) is 49.4 Å². The van der Waals surface area contributed by atoms with Crippen LogP contribution in [0.5, 0.6) is 0 Å². The normalized spacial score (nSPS) is 19.2. The number of thiophene rings is 1. The number of rotatable bonds is 7. The highest BCUT2D eigenvalue weighted by molar-refractivity contribution is 7.88. The molecule has 1 aromatic heterocycles. The van der Waals surface area contributed by atoms with Gasteiger partial charge in [0.2, 0.25) is 10.0 Å². The summed E-state index contributed by atoms with van der Waals surface area (Å²) in [6.45, 7) is 3.90. The van der Waals surface area contributed by atoms with Gasteiger partial charge in [-0.2, -0.15) is 0 Å². The molecule has 1 atom stereocenters. The third-order valence-electron chi connectivity index (χ3n) is 3.85. The Bertz CT molecular complexity index is 525. The lowest BCUT2D eigenvalue weighted by Gasteiger charge is -2.24. The second-order valence-corrected chi connectivity index (χ2v) is 8.29. The average molecular weight is 316 g/mol. The van der Waals surface area contributed by atoms with Crippen molar-refractivity contribution in [3.63, 3.8) is 0 Å². The molecule has 114 valence electrons. The number of nitrogens with zero attached hydrogens (tertiary/aromatic N) is 1. The van der Waals surface area contributed by atoms with E-state index in [9.17, 15) is 8.42 Å². The Morgan fingerprint density at radius 2 is 2.30 bits per heavy atom. The van der Waals surface area contributed by atoms with Crippen LogP contribution in [0, 0.1) is 0 Å². The molecule has 1 N–H and O–H groups in total. The summed E-state index contributed by atoms with van der Waals surface area (Å²) in [6.07, 6.45) is 5.78. The summed E-state index contributed by atoms with van der Waals surface area (Å²) in [5.74, 6) is 0. The van der Waals surface area contributed by atoms with Crippen LogP contribution in [0.25, 0.3) is 0 Å². The highest BCUT2D eigenvalue weighted by Gasteiger charge is 2.20. The Labute approximate surface area is 126 Å². The Morgan fingerprint density at radius 1 is 1.50 bits per heavy atom. The first-order chi connectivity index (χ1) is 9.52. The van der Waals surface area contributed by atoms with E-state index >= 15 is 0 Å². The maximum absolute atomic E-state index is 11.5. The van der Waals surface area contributed by atoms with E-state index in [-0.39, 0.29) is 0 Å². The third-order valence-corrected chi connectivity index (χ3v) is 6.22. The third kappa shape index (κ3) is 4.04. The summed E-state index contributed by atoms with van der Waals surface area (Å²) in [5, 5.41) is 5.75. The van der Waals surface area contributed by atoms with Crippen LogP contribution in [0.1, 0.15) is 42.7 Å². The molecule has 1 aromatic rings. The molecule has 0 radical (unpaired) electrons. The van der Waals surface area contributed by atoms with Crippen molar-refractivity contribution in [2.24, 2.45) is 0 Å². The van der Waals surface area contributed by atoms with Crippen LogP contribution in [0.15, 0.2) is 11.4 Å². The lowest BCUT2D eigenvalue weighted by Crippen LogP contribution is -2.33. The van der Waals surface area contributed by atoms with Gasteiger partial charge in [0.05, 0.1) is 6.26 Å². The molecule has 1 aliphatic carbocycles. The van der Waals surface area contributed by atoms with Crippen molar-refractivity contribution in [1.29, 1.82) is 0 Å². The van der Waals surface area contributed by atoms with Crippen LogP contribution in [0.3, 0.4) is 0 Å². The Balaban J connectivity index is 1.78. The molecular formula is C14H24N2O2S2. The van der Waals surface area contributed by atoms with E-state index in [1.165, 1.54) is 40.3 Å². The number of hydrogen-bond acceptors (Lipinski definition) is 4. The maximum atomic E-state index is 11.5. The van der Waals surface area contributed by atoms with Gasteiger partial charge < -0.3 is 5.32 Å². The second kappa shape index (κ2) is 7.02. The van der Waals surface area contributed by atoms with Gasteiger partial charge >= 0.3 is 0 Å². The van der Waals surface area contributed by atoms with Gasteiger partial charge in [-0.3, -0.25) is 0 Å². The van der Waals surface area contributed by atoms with Crippen molar-refractivity contribution in [1.82, 2.24) is 9.62 Å². The predicted octanol–water partition coefficient (Wildman–Crippen LogP) is 2.39. The lowest BCUT2D eigenvalue weighted by molar-refractivity contribution is 0.401. The van der Waals surface area contributed by atoms with Crippen molar-refractivity contribution >= 4 is 21.4 Å². The molecule has 0 aliphatic heterocycles. The summed E-state index contributed by atoms with van der Waals surface area (Å²) in [7, 11) is -3.05. The van der Waals surface area contributed by atoms with Crippen LogP contribution in [-0.4, -0.2) is 38.6 Å². The standard InChI is InChI=1S/C14H24N2O2S2/c1-3-16(20(2,17)18)10-5-9-15-13-6-4-7-14-12(13)8-11-19-14/h8,11,13,15H,3-7,9-10H2,1-2H3. The summed E-state index contributed by atoms with van der Waals surface area (Å²) >= 11 is 1.85. The van der Waals surface area contributed by atoms with Gasteiger partial charge in [0.25, 0.3) is 0 Å². The van der Waals surface area contributed by atoms with Crippen molar-refractivity contribution in [3.8, 4) is 0 Å². The maximum Gasteiger partial charge on any atom is 0.211 e. The van der Waals surface area contributed by atoms with Crippen LogP contribution in [0.2, 0.25) is 0 Å². The van der Waals surface area contributed by atoms with Gasteiger partial charge in [0.15, 0.2) is 0 Å². The first-order valence-electron chi connectivity index (χ1n) is 7.27. The number of nitrogens with one attached hydrogen (secondary N) is 1. The summed E-state index contributed by atoms with van der Waals surface area (Å²) in [5.41, 5.74) is 1.46. The molecule has 20 heavy (non-hydrogen) atoms. The smallest absolute Gasteiger partial charge is 0.211 e. The first-order valence-corrected chi connectivity index (χ1v) is 10.00. The lowest BCUT2D eigenvalue weighted by atomic mass is 9.94. The molecule has 0 saturated carbocycles. The molecule has 2 rings (SSSR count). The largest absolute Gasteiger partial charge is 0.310 e. The van der Waals surface area contributed by atoms with Gasteiger partial charge in [-0.15, -0.1) is 11.3 Å². The molecule has 1 heterocycles. The fraction of sp³-hybridized carbons (Fsp3) is 0.714. The van der Waals surface area contributed by atoms with E-state index in [0.717, 1.165) is 13.0 Å². The monoisotopic (exact) mass is 316 g/mol. The minimum absolute atomic E-state index is 0.457. The fourth-order valence-corrected chi connectivity index (χ4v) is 4.71. The fourth-order valence-electron chi connectivity index (χ4n) is 2.79. The zero-order valence-corrected chi connectivity index (χ0v) is 13.9. The van der Waals surface area contributed by atoms with Gasteiger partial charge in [0.1, 0.15) is 0 Å². The van der Waals surface area contributed by atoms with Gasteiger partial charge in [-0.05, 0) is 49.2 Å². The molecule has 0 spiro atoms. The Morgan fingerprint density at radius 3 is 3.00 bits per heavy atom. The predicted molar refractivity (Wildman–Crippen MR) is 84.7 cm³/mol. The van der Waals surface area contributed by atoms with Crippen molar-refractivity contribution in [2.45, 2.75) is 38.6 Å². The average Bonchev–Trinajstić information content (AvgIpc) is 2.86. The molecule has 1 unspecified atom stereocenters. The van der Waals surface area contributed by atoms with Gasteiger partial charge in [-0.1, -0.05) is 6.92 Å². The highest BCUT2D eigenvalue weighted by Crippen LogP contribution is 2.33. The van der Waals surface area contributed by atoms with Gasteiger partial charge in [-0.25, -0.2) is 12.7 Å². The molecule has 0 amide bonds. The molecule has 0 saturated heterocycles. The molecule has 4 nitrogen and oxygen atoms in total. The molecule has 0 bridgehead atoms. The quantitative estimate of drug-likeness (QED) is 0.786. The zero-order valence-electron chi connectivity index (χ0n) is 12.3. The number of hydrogen-bond donors (Lipinski definition) is 1. The van der Waals surface area contributed by atoms with E-state index in [0.29, 0.717) is 19.1 Å². The zero-order chi connectivity index (χ0) is 14.6. The number of aryl methyl sites for hydroxylation is 1. The van der Waals surface area contributed by atoms with Crippen LogP contribution in [0.4, 0.5) is 0 Å². The van der Waals surface area contributed by atoms with Gasteiger partial charge in [0, 0.05) is 24.0 Å². The van der Waals surface area contributed by atoms with Crippen LogP contribution in [-0.2, 0) is 16.4 Å². The van der Waals surface area contributed by atoms with E-state index in [1.54, 1.807) is 0 Å². The van der Waals surface area contributed by atoms with E-state index in [1.807, 2.05) is 18.3 Å². The molecule has 6 heteroatoms. The van der Waals surface area contributed by atoms with E-state index in [4.69, 9.17) is 0 Å². The Kier molecular flexibility index (Phi) is 5.60. The highest BCUT2D eigenvalue weighted by atomic mass is 32.2. The van der Waals surface area contributed by atoms with Crippen molar-refractivity contribution in [2.75, 3.05) is 25.9 Å². The molecule has 0 fully saturated rings. The number of sulfonamides is 1.